The molecule has 0 atom stereocenters. The molecule has 0 aliphatic rings. The van der Waals surface area contributed by atoms with Crippen molar-refractivity contribution in [2.24, 2.45) is 5.73 Å². The zero-order valence-corrected chi connectivity index (χ0v) is 10.1. The van der Waals surface area contributed by atoms with Crippen molar-refractivity contribution < 1.29 is 4.74 Å². The van der Waals surface area contributed by atoms with Gasteiger partial charge in [0.25, 0.3) is 0 Å². The van der Waals surface area contributed by atoms with Crippen LogP contribution in [0.5, 0.6) is 5.75 Å². The van der Waals surface area contributed by atoms with Crippen LogP contribution < -0.4 is 10.5 Å². The number of ether oxygens (including phenoxy) is 1. The largest absolute Gasteiger partial charge is 0.486 e. The summed E-state index contributed by atoms with van der Waals surface area (Å²) in [5.74, 6) is 0.561. The molecule has 0 saturated carbocycles. The maximum absolute atomic E-state index is 5.96. The van der Waals surface area contributed by atoms with E-state index in [0.717, 1.165) is 5.56 Å². The standard InChI is InChI=1S/C10H10Cl3NO/c11-4-8(12)6-15-10-2-1-7(5-14)3-9(10)13/h1-4H,5-6,14H2. The molecular formula is C10H10Cl3NO. The summed E-state index contributed by atoms with van der Waals surface area (Å²) in [7, 11) is 0. The molecule has 82 valence electrons. The van der Waals surface area contributed by atoms with Gasteiger partial charge in [-0.25, -0.2) is 0 Å². The van der Waals surface area contributed by atoms with Gasteiger partial charge < -0.3 is 10.5 Å². The maximum Gasteiger partial charge on any atom is 0.138 e. The summed E-state index contributed by atoms with van der Waals surface area (Å²) < 4.78 is 5.33. The van der Waals surface area contributed by atoms with Gasteiger partial charge >= 0.3 is 0 Å². The molecule has 2 N–H and O–H groups in total. The van der Waals surface area contributed by atoms with Crippen molar-refractivity contribution in [1.82, 2.24) is 0 Å². The average Bonchev–Trinajstić information content (AvgIpc) is 2.26. The quantitative estimate of drug-likeness (QED) is 0.905. The Morgan fingerprint density at radius 1 is 1.47 bits per heavy atom. The maximum atomic E-state index is 5.96. The van der Waals surface area contributed by atoms with Gasteiger partial charge in [0.1, 0.15) is 12.4 Å². The minimum Gasteiger partial charge on any atom is -0.486 e. The Hall–Kier alpha value is -0.410. The van der Waals surface area contributed by atoms with Crippen LogP contribution in [0.3, 0.4) is 0 Å². The van der Waals surface area contributed by atoms with Crippen molar-refractivity contribution in [2.75, 3.05) is 6.61 Å². The van der Waals surface area contributed by atoms with Crippen LogP contribution in [0.15, 0.2) is 28.8 Å². The Kier molecular flexibility index (Phi) is 5.26. The summed E-state index contributed by atoms with van der Waals surface area (Å²) in [6.07, 6.45) is 0. The third-order valence-electron chi connectivity index (χ3n) is 1.72. The van der Waals surface area contributed by atoms with E-state index in [1.807, 2.05) is 6.07 Å². The van der Waals surface area contributed by atoms with Gasteiger partial charge in [0.15, 0.2) is 0 Å². The molecule has 1 aromatic carbocycles. The molecule has 0 spiro atoms. The van der Waals surface area contributed by atoms with E-state index in [1.54, 1.807) is 12.1 Å². The third-order valence-corrected chi connectivity index (χ3v) is 2.60. The summed E-state index contributed by atoms with van der Waals surface area (Å²) in [5.41, 5.74) is 7.67. The predicted molar refractivity (Wildman–Crippen MR) is 64.6 cm³/mol. The van der Waals surface area contributed by atoms with Crippen LogP contribution in [0.25, 0.3) is 0 Å². The van der Waals surface area contributed by atoms with E-state index in [2.05, 4.69) is 0 Å². The van der Waals surface area contributed by atoms with Crippen LogP contribution in [0, 0.1) is 0 Å². The minimum absolute atomic E-state index is 0.201. The Morgan fingerprint density at radius 3 is 2.73 bits per heavy atom. The summed E-state index contributed by atoms with van der Waals surface area (Å²) >= 11 is 17.0. The van der Waals surface area contributed by atoms with Crippen molar-refractivity contribution in [3.05, 3.63) is 39.4 Å². The Bertz CT molecular complexity index is 366. The van der Waals surface area contributed by atoms with Gasteiger partial charge in [0.05, 0.1) is 10.1 Å². The summed E-state index contributed by atoms with van der Waals surface area (Å²) in [6, 6.07) is 5.36. The average molecular weight is 267 g/mol. The molecule has 0 saturated heterocycles. The monoisotopic (exact) mass is 265 g/mol. The second-order valence-electron chi connectivity index (χ2n) is 2.81. The Morgan fingerprint density at radius 2 is 2.20 bits per heavy atom. The first-order valence-corrected chi connectivity index (χ1v) is 5.42. The van der Waals surface area contributed by atoms with Crippen molar-refractivity contribution in [1.29, 1.82) is 0 Å². The van der Waals surface area contributed by atoms with Gasteiger partial charge in [0.2, 0.25) is 0 Å². The molecule has 2 nitrogen and oxygen atoms in total. The van der Waals surface area contributed by atoms with Crippen LogP contribution in [0.1, 0.15) is 5.56 Å². The lowest BCUT2D eigenvalue weighted by Gasteiger charge is -2.08. The van der Waals surface area contributed by atoms with Crippen LogP contribution in [0.2, 0.25) is 5.02 Å². The number of nitrogens with two attached hydrogens (primary N) is 1. The number of halogens is 3. The molecule has 1 aromatic rings. The van der Waals surface area contributed by atoms with Gasteiger partial charge in [-0.2, -0.15) is 0 Å². The van der Waals surface area contributed by atoms with Gasteiger partial charge in [-0.15, -0.1) is 0 Å². The molecule has 0 unspecified atom stereocenters. The van der Waals surface area contributed by atoms with Gasteiger partial charge in [0, 0.05) is 12.1 Å². The molecule has 0 amide bonds. The first-order valence-electron chi connectivity index (χ1n) is 4.23. The summed E-state index contributed by atoms with van der Waals surface area (Å²) in [5, 5.41) is 0.924. The molecule has 0 aliphatic heterocycles. The SMILES string of the molecule is NCc1ccc(OCC(Cl)=CCl)c(Cl)c1. The van der Waals surface area contributed by atoms with Gasteiger partial charge in [-0.05, 0) is 17.7 Å². The molecule has 15 heavy (non-hydrogen) atoms. The van der Waals surface area contributed by atoms with Crippen LogP contribution >= 0.6 is 34.8 Å². The minimum atomic E-state index is 0.201. The summed E-state index contributed by atoms with van der Waals surface area (Å²) in [6.45, 7) is 0.648. The Balaban J connectivity index is 2.70. The molecule has 0 radical (unpaired) electrons. The second kappa shape index (κ2) is 6.23. The van der Waals surface area contributed by atoms with E-state index in [0.29, 0.717) is 22.3 Å². The fourth-order valence-corrected chi connectivity index (χ4v) is 1.34. The molecule has 5 heteroatoms. The van der Waals surface area contributed by atoms with E-state index < -0.39 is 0 Å². The fraction of sp³-hybridized carbons (Fsp3) is 0.200. The smallest absolute Gasteiger partial charge is 0.138 e. The first kappa shape index (κ1) is 12.7. The molecule has 0 aromatic heterocycles. The van der Waals surface area contributed by atoms with Crippen LogP contribution in [0.4, 0.5) is 0 Å². The lowest BCUT2D eigenvalue weighted by atomic mass is 10.2. The lowest BCUT2D eigenvalue weighted by molar-refractivity contribution is 0.359. The zero-order chi connectivity index (χ0) is 11.3. The topological polar surface area (TPSA) is 35.2 Å². The van der Waals surface area contributed by atoms with Gasteiger partial charge in [-0.1, -0.05) is 40.9 Å². The van der Waals surface area contributed by atoms with Crippen molar-refractivity contribution in [3.63, 3.8) is 0 Å². The number of hydrogen-bond donors (Lipinski definition) is 1. The van der Waals surface area contributed by atoms with E-state index in [1.165, 1.54) is 5.54 Å². The number of benzene rings is 1. The van der Waals surface area contributed by atoms with Crippen LogP contribution in [-0.2, 0) is 6.54 Å². The highest BCUT2D eigenvalue weighted by molar-refractivity contribution is 6.36. The zero-order valence-electron chi connectivity index (χ0n) is 7.84. The molecular weight excluding hydrogens is 256 g/mol. The Labute approximate surface area is 104 Å². The normalized spacial score (nSPS) is 11.6. The molecule has 0 aliphatic carbocycles. The molecule has 0 fully saturated rings. The fourth-order valence-electron chi connectivity index (χ4n) is 0.967. The predicted octanol–water partition coefficient (Wildman–Crippen LogP) is 3.50. The van der Waals surface area contributed by atoms with E-state index in [4.69, 9.17) is 45.3 Å². The van der Waals surface area contributed by atoms with Crippen molar-refractivity contribution in [3.8, 4) is 5.75 Å². The number of hydrogen-bond acceptors (Lipinski definition) is 2. The summed E-state index contributed by atoms with van der Waals surface area (Å²) in [4.78, 5) is 0. The van der Waals surface area contributed by atoms with E-state index >= 15 is 0 Å². The highest BCUT2D eigenvalue weighted by Gasteiger charge is 2.03. The third kappa shape index (κ3) is 3.92. The molecule has 1 rings (SSSR count). The van der Waals surface area contributed by atoms with Crippen LogP contribution in [-0.4, -0.2) is 6.61 Å². The van der Waals surface area contributed by atoms with Gasteiger partial charge in [-0.3, -0.25) is 0 Å². The lowest BCUT2D eigenvalue weighted by Crippen LogP contribution is -1.99. The van der Waals surface area contributed by atoms with E-state index in [9.17, 15) is 0 Å². The van der Waals surface area contributed by atoms with Crippen molar-refractivity contribution >= 4 is 34.8 Å². The highest BCUT2D eigenvalue weighted by atomic mass is 35.5. The molecule has 0 bridgehead atoms. The first-order chi connectivity index (χ1) is 7.17. The molecule has 0 heterocycles. The van der Waals surface area contributed by atoms with Crippen molar-refractivity contribution in [2.45, 2.75) is 6.54 Å². The number of rotatable bonds is 4. The van der Waals surface area contributed by atoms with E-state index in [-0.39, 0.29) is 6.61 Å². The highest BCUT2D eigenvalue weighted by Crippen LogP contribution is 2.26. The second-order valence-corrected chi connectivity index (χ2v) is 3.92.